The van der Waals surface area contributed by atoms with E-state index in [-0.39, 0.29) is 5.56 Å². The Morgan fingerprint density at radius 1 is 1.42 bits per heavy atom. The van der Waals surface area contributed by atoms with Gasteiger partial charge in [-0.15, -0.1) is 0 Å². The van der Waals surface area contributed by atoms with Gasteiger partial charge in [-0.05, 0) is 25.5 Å². The topological polar surface area (TPSA) is 46.0 Å². The van der Waals surface area contributed by atoms with Gasteiger partial charge in [-0.3, -0.25) is 4.79 Å². The maximum absolute atomic E-state index is 11.2. The van der Waals surface area contributed by atoms with Gasteiger partial charge in [-0.1, -0.05) is 0 Å². The Hall–Kier alpha value is -1.51. The Morgan fingerprint density at radius 3 is 2.83 bits per heavy atom. The molecule has 0 amide bonds. The van der Waals surface area contributed by atoms with E-state index in [9.17, 15) is 4.79 Å². The number of aromatic amines is 1. The van der Waals surface area contributed by atoms with Crippen LogP contribution in [0.5, 0.6) is 0 Å². The molecule has 3 heteroatoms. The van der Waals surface area contributed by atoms with E-state index in [1.54, 1.807) is 6.20 Å². The van der Waals surface area contributed by atoms with E-state index in [4.69, 9.17) is 4.42 Å². The molecule has 2 aromatic rings. The van der Waals surface area contributed by atoms with Crippen LogP contribution in [0, 0.1) is 13.8 Å². The fourth-order valence-corrected chi connectivity index (χ4v) is 1.28. The zero-order valence-electron chi connectivity index (χ0n) is 6.97. The van der Waals surface area contributed by atoms with Crippen LogP contribution in [0.3, 0.4) is 0 Å². The number of nitrogens with one attached hydrogen (secondary N) is 1. The number of pyridine rings is 1. The van der Waals surface area contributed by atoms with E-state index in [0.29, 0.717) is 5.58 Å². The van der Waals surface area contributed by atoms with E-state index >= 15 is 0 Å². The molecule has 0 radical (unpaired) electrons. The minimum Gasteiger partial charge on any atom is -0.455 e. The fourth-order valence-electron chi connectivity index (χ4n) is 1.28. The number of rotatable bonds is 0. The van der Waals surface area contributed by atoms with Crippen molar-refractivity contribution < 1.29 is 4.42 Å². The summed E-state index contributed by atoms with van der Waals surface area (Å²) < 4.78 is 5.29. The van der Waals surface area contributed by atoms with Crippen molar-refractivity contribution in [1.29, 1.82) is 0 Å². The van der Waals surface area contributed by atoms with Crippen LogP contribution in [-0.2, 0) is 0 Å². The average Bonchev–Trinajstić information content (AvgIpc) is 2.32. The van der Waals surface area contributed by atoms with Crippen molar-refractivity contribution in [2.75, 3.05) is 0 Å². The van der Waals surface area contributed by atoms with E-state index in [2.05, 4.69) is 4.98 Å². The van der Waals surface area contributed by atoms with Crippen LogP contribution in [0.2, 0.25) is 0 Å². The largest absolute Gasteiger partial charge is 0.455 e. The molecule has 0 atom stereocenters. The normalized spacial score (nSPS) is 10.8. The van der Waals surface area contributed by atoms with Gasteiger partial charge in [-0.25, -0.2) is 0 Å². The van der Waals surface area contributed by atoms with Crippen LogP contribution >= 0.6 is 0 Å². The SMILES string of the molecule is Cc1oc2c(=O)[nH]ccc2c1C. The van der Waals surface area contributed by atoms with Gasteiger partial charge in [0.15, 0.2) is 5.58 Å². The van der Waals surface area contributed by atoms with Crippen molar-refractivity contribution in [2.45, 2.75) is 13.8 Å². The van der Waals surface area contributed by atoms with Gasteiger partial charge in [0.1, 0.15) is 5.76 Å². The fraction of sp³-hybridized carbons (Fsp3) is 0.222. The van der Waals surface area contributed by atoms with E-state index in [1.165, 1.54) is 0 Å². The summed E-state index contributed by atoms with van der Waals surface area (Å²) in [6.07, 6.45) is 1.63. The molecular weight excluding hydrogens is 154 g/mol. The van der Waals surface area contributed by atoms with Gasteiger partial charge in [0.05, 0.1) is 0 Å². The Balaban J connectivity index is 3.05. The highest BCUT2D eigenvalue weighted by Gasteiger charge is 2.08. The molecule has 0 spiro atoms. The van der Waals surface area contributed by atoms with Crippen molar-refractivity contribution in [3.8, 4) is 0 Å². The first kappa shape index (κ1) is 7.16. The lowest BCUT2D eigenvalue weighted by atomic mass is 10.2. The van der Waals surface area contributed by atoms with Crippen LogP contribution in [0.1, 0.15) is 11.3 Å². The molecule has 0 unspecified atom stereocenters. The second-order valence-corrected chi connectivity index (χ2v) is 2.83. The van der Waals surface area contributed by atoms with Crippen LogP contribution in [0.25, 0.3) is 11.0 Å². The first-order chi connectivity index (χ1) is 5.70. The Kier molecular flexibility index (Phi) is 1.33. The summed E-state index contributed by atoms with van der Waals surface area (Å²) in [5.74, 6) is 0.807. The monoisotopic (exact) mass is 163 g/mol. The minimum atomic E-state index is -0.163. The predicted octanol–water partition coefficient (Wildman–Crippen LogP) is 1.74. The average molecular weight is 163 g/mol. The maximum atomic E-state index is 11.2. The lowest BCUT2D eigenvalue weighted by Crippen LogP contribution is -2.02. The number of aryl methyl sites for hydroxylation is 2. The highest BCUT2D eigenvalue weighted by molar-refractivity contribution is 5.80. The summed E-state index contributed by atoms with van der Waals surface area (Å²) in [6.45, 7) is 3.80. The Labute approximate surface area is 69.0 Å². The van der Waals surface area contributed by atoms with Crippen molar-refractivity contribution >= 4 is 11.0 Å². The van der Waals surface area contributed by atoms with Gasteiger partial charge < -0.3 is 9.40 Å². The van der Waals surface area contributed by atoms with Crippen molar-refractivity contribution in [3.63, 3.8) is 0 Å². The van der Waals surface area contributed by atoms with Crippen molar-refractivity contribution in [3.05, 3.63) is 33.9 Å². The number of aromatic nitrogens is 1. The summed E-state index contributed by atoms with van der Waals surface area (Å²) in [4.78, 5) is 13.8. The highest BCUT2D eigenvalue weighted by Crippen LogP contribution is 2.20. The van der Waals surface area contributed by atoms with E-state index in [1.807, 2.05) is 19.9 Å². The Morgan fingerprint density at radius 2 is 2.17 bits per heavy atom. The lowest BCUT2D eigenvalue weighted by molar-refractivity contribution is 0.571. The smallest absolute Gasteiger partial charge is 0.291 e. The van der Waals surface area contributed by atoms with Gasteiger partial charge in [0, 0.05) is 11.6 Å². The number of H-pyrrole nitrogens is 1. The van der Waals surface area contributed by atoms with Crippen LogP contribution in [-0.4, -0.2) is 4.98 Å². The summed E-state index contributed by atoms with van der Waals surface area (Å²) in [7, 11) is 0. The number of fused-ring (bicyclic) bond motifs is 1. The second kappa shape index (κ2) is 2.24. The molecule has 0 aliphatic rings. The quantitative estimate of drug-likeness (QED) is 0.643. The Bertz CT molecular complexity index is 479. The highest BCUT2D eigenvalue weighted by atomic mass is 16.3. The summed E-state index contributed by atoms with van der Waals surface area (Å²) in [5, 5.41) is 0.899. The van der Waals surface area contributed by atoms with Gasteiger partial charge in [0.25, 0.3) is 5.56 Å². The molecule has 0 aromatic carbocycles. The molecule has 62 valence electrons. The zero-order valence-corrected chi connectivity index (χ0v) is 6.97. The molecule has 0 aliphatic carbocycles. The first-order valence-electron chi connectivity index (χ1n) is 3.77. The standard InChI is InChI=1S/C9H9NO2/c1-5-6(2)12-8-7(5)3-4-10-9(8)11/h3-4H,1-2H3,(H,10,11). The summed E-state index contributed by atoms with van der Waals surface area (Å²) >= 11 is 0. The maximum Gasteiger partial charge on any atom is 0.291 e. The van der Waals surface area contributed by atoms with Crippen molar-refractivity contribution in [2.24, 2.45) is 0 Å². The molecule has 1 N–H and O–H groups in total. The molecule has 2 aromatic heterocycles. The number of hydrogen-bond acceptors (Lipinski definition) is 2. The third-order valence-electron chi connectivity index (χ3n) is 2.10. The third-order valence-corrected chi connectivity index (χ3v) is 2.10. The molecular formula is C9H9NO2. The van der Waals surface area contributed by atoms with Crippen molar-refractivity contribution in [1.82, 2.24) is 4.98 Å². The van der Waals surface area contributed by atoms with Gasteiger partial charge in [0.2, 0.25) is 0 Å². The second-order valence-electron chi connectivity index (χ2n) is 2.83. The van der Waals surface area contributed by atoms with Crippen LogP contribution in [0.15, 0.2) is 21.5 Å². The number of hydrogen-bond donors (Lipinski definition) is 1. The molecule has 12 heavy (non-hydrogen) atoms. The van der Waals surface area contributed by atoms with Crippen LogP contribution < -0.4 is 5.56 Å². The molecule has 0 bridgehead atoms. The summed E-state index contributed by atoms with van der Waals surface area (Å²) in [5.41, 5.74) is 1.30. The molecule has 0 saturated heterocycles. The van der Waals surface area contributed by atoms with Gasteiger partial charge >= 0.3 is 0 Å². The lowest BCUT2D eigenvalue weighted by Gasteiger charge is -1.85. The molecule has 2 heterocycles. The molecule has 0 saturated carbocycles. The van der Waals surface area contributed by atoms with Crippen LogP contribution in [0.4, 0.5) is 0 Å². The summed E-state index contributed by atoms with van der Waals surface area (Å²) in [6, 6.07) is 1.85. The molecule has 0 aliphatic heterocycles. The first-order valence-corrected chi connectivity index (χ1v) is 3.77. The molecule has 3 nitrogen and oxygen atoms in total. The molecule has 2 rings (SSSR count). The zero-order chi connectivity index (χ0) is 8.72. The molecule has 0 fully saturated rings. The van der Waals surface area contributed by atoms with E-state index in [0.717, 1.165) is 16.7 Å². The predicted molar refractivity (Wildman–Crippen MR) is 46.3 cm³/mol. The number of furan rings is 1. The van der Waals surface area contributed by atoms with E-state index < -0.39 is 0 Å². The third kappa shape index (κ3) is 0.794. The van der Waals surface area contributed by atoms with Gasteiger partial charge in [-0.2, -0.15) is 0 Å². The minimum absolute atomic E-state index is 0.163.